The minimum absolute atomic E-state index is 0.295. The van der Waals surface area contributed by atoms with Crippen LogP contribution in [0, 0.1) is 0 Å². The number of nitrogens with zero attached hydrogens (tertiary/aromatic N) is 2. The lowest BCUT2D eigenvalue weighted by atomic mass is 9.95. The Morgan fingerprint density at radius 1 is 1.32 bits per heavy atom. The molecule has 0 spiro atoms. The molecule has 1 fully saturated rings. The maximum atomic E-state index is 12.7. The van der Waals surface area contributed by atoms with Crippen LogP contribution in [0.3, 0.4) is 0 Å². The maximum absolute atomic E-state index is 12.7. The molecule has 6 heteroatoms. The summed E-state index contributed by atoms with van der Waals surface area (Å²) in [6, 6.07) is 3.82. The highest BCUT2D eigenvalue weighted by Gasteiger charge is 2.32. The minimum Gasteiger partial charge on any atom is -0.444 e. The summed E-state index contributed by atoms with van der Waals surface area (Å²) >= 11 is 0. The van der Waals surface area contributed by atoms with Crippen LogP contribution in [0.1, 0.15) is 65.1 Å². The van der Waals surface area contributed by atoms with Gasteiger partial charge in [0, 0.05) is 18.1 Å². The molecule has 1 aliphatic rings. The number of amides is 1. The molecular weight excluding hydrogens is 318 g/mol. The van der Waals surface area contributed by atoms with Gasteiger partial charge >= 0.3 is 6.09 Å². The van der Waals surface area contributed by atoms with Gasteiger partial charge in [-0.15, -0.1) is 0 Å². The number of nitrogen functional groups attached to an aromatic ring is 1. The van der Waals surface area contributed by atoms with Gasteiger partial charge in [-0.3, -0.25) is 4.90 Å². The Morgan fingerprint density at radius 3 is 2.52 bits per heavy atom. The van der Waals surface area contributed by atoms with Crippen LogP contribution in [-0.4, -0.2) is 40.3 Å². The van der Waals surface area contributed by atoms with Crippen LogP contribution in [0.15, 0.2) is 12.1 Å². The van der Waals surface area contributed by atoms with E-state index in [0.717, 1.165) is 24.3 Å². The highest BCUT2D eigenvalue weighted by atomic mass is 16.6. The molecule has 0 aromatic carbocycles. The molecule has 1 aromatic heterocycles. The number of rotatable bonds is 3. The number of carbonyl (C=O) groups is 1. The van der Waals surface area contributed by atoms with Gasteiger partial charge in [-0.1, -0.05) is 6.07 Å². The number of carbonyl (C=O) groups excluding carboxylic acids is 1. The average Bonchev–Trinajstić information content (AvgIpc) is 2.95. The lowest BCUT2D eigenvalue weighted by Crippen LogP contribution is -2.47. The van der Waals surface area contributed by atoms with Gasteiger partial charge in [-0.2, -0.15) is 0 Å². The van der Waals surface area contributed by atoms with Crippen molar-refractivity contribution < 1.29 is 14.3 Å². The normalized spacial score (nSPS) is 18.2. The Hall–Kier alpha value is -1.82. The highest BCUT2D eigenvalue weighted by Crippen LogP contribution is 2.30. The molecule has 1 atom stereocenters. The quantitative estimate of drug-likeness (QED) is 0.900. The molecule has 1 aromatic rings. The Balaban J connectivity index is 2.32. The first-order chi connectivity index (χ1) is 11.5. The van der Waals surface area contributed by atoms with Crippen LogP contribution in [-0.2, 0) is 16.0 Å². The zero-order chi connectivity index (χ0) is 18.8. The summed E-state index contributed by atoms with van der Waals surface area (Å²) in [5, 5.41) is 0. The molecule has 0 saturated carbocycles. The third kappa shape index (κ3) is 5.33. The van der Waals surface area contributed by atoms with E-state index in [2.05, 4.69) is 4.98 Å². The highest BCUT2D eigenvalue weighted by molar-refractivity contribution is 5.69. The molecule has 140 valence electrons. The molecular formula is C19H31N3O3. The van der Waals surface area contributed by atoms with E-state index >= 15 is 0 Å². The van der Waals surface area contributed by atoms with Gasteiger partial charge in [-0.25, -0.2) is 9.78 Å². The SMILES string of the molecule is CC(C)(C)OC(=O)N(Cc1nc(N)ccc1C1CCOC1)C(C)(C)C. The Bertz CT molecular complexity index is 611. The van der Waals surface area contributed by atoms with Gasteiger partial charge in [0.2, 0.25) is 0 Å². The fourth-order valence-corrected chi connectivity index (χ4v) is 2.85. The molecule has 0 bridgehead atoms. The predicted octanol–water partition coefficient (Wildman–Crippen LogP) is 3.70. The third-order valence-electron chi connectivity index (χ3n) is 4.13. The minimum atomic E-state index is -0.550. The van der Waals surface area contributed by atoms with Gasteiger partial charge in [0.25, 0.3) is 0 Å². The van der Waals surface area contributed by atoms with Crippen LogP contribution < -0.4 is 5.73 Å². The molecule has 0 radical (unpaired) electrons. The maximum Gasteiger partial charge on any atom is 0.411 e. The second-order valence-electron chi connectivity index (χ2n) is 8.57. The van der Waals surface area contributed by atoms with Gasteiger partial charge < -0.3 is 15.2 Å². The number of aromatic nitrogens is 1. The molecule has 2 N–H and O–H groups in total. The molecule has 1 amide bonds. The van der Waals surface area contributed by atoms with E-state index in [0.29, 0.717) is 24.9 Å². The fraction of sp³-hybridized carbons (Fsp3) is 0.684. The average molecular weight is 349 g/mol. The van der Waals surface area contributed by atoms with Crippen molar-refractivity contribution in [3.05, 3.63) is 23.4 Å². The fourth-order valence-electron chi connectivity index (χ4n) is 2.85. The Kier molecular flexibility index (Phi) is 5.62. The summed E-state index contributed by atoms with van der Waals surface area (Å²) in [6.45, 7) is 13.4. The predicted molar refractivity (Wildman–Crippen MR) is 98.4 cm³/mol. The van der Waals surface area contributed by atoms with Crippen LogP contribution in [0.25, 0.3) is 0 Å². The first-order valence-electron chi connectivity index (χ1n) is 8.81. The second kappa shape index (κ2) is 7.20. The zero-order valence-corrected chi connectivity index (χ0v) is 16.3. The van der Waals surface area contributed by atoms with Gasteiger partial charge in [0.1, 0.15) is 11.4 Å². The number of ether oxygens (including phenoxy) is 2. The number of anilines is 1. The smallest absolute Gasteiger partial charge is 0.411 e. The largest absolute Gasteiger partial charge is 0.444 e. The van der Waals surface area contributed by atoms with E-state index in [1.807, 2.05) is 53.7 Å². The van der Waals surface area contributed by atoms with Crippen LogP contribution >= 0.6 is 0 Å². The standard InChI is InChI=1S/C19H31N3O3/c1-18(2,3)22(17(23)25-19(4,5)6)11-15-14(7-8-16(20)21-15)13-9-10-24-12-13/h7-8,13H,9-12H2,1-6H3,(H2,20,21). The zero-order valence-electron chi connectivity index (χ0n) is 16.3. The van der Waals surface area contributed by atoms with Gasteiger partial charge in [0.05, 0.1) is 18.8 Å². The Labute approximate surface area is 150 Å². The van der Waals surface area contributed by atoms with Crippen molar-refractivity contribution in [3.63, 3.8) is 0 Å². The number of hydrogen-bond donors (Lipinski definition) is 1. The van der Waals surface area contributed by atoms with Crippen LogP contribution in [0.4, 0.5) is 10.6 Å². The molecule has 25 heavy (non-hydrogen) atoms. The Morgan fingerprint density at radius 2 is 2.00 bits per heavy atom. The molecule has 6 nitrogen and oxygen atoms in total. The lowest BCUT2D eigenvalue weighted by molar-refractivity contribution is 0.00328. The molecule has 2 rings (SSSR count). The molecule has 1 saturated heterocycles. The summed E-state index contributed by atoms with van der Waals surface area (Å²) in [7, 11) is 0. The summed E-state index contributed by atoms with van der Waals surface area (Å²) < 4.78 is 11.1. The third-order valence-corrected chi connectivity index (χ3v) is 4.13. The van der Waals surface area contributed by atoms with E-state index in [-0.39, 0.29) is 6.09 Å². The molecule has 1 unspecified atom stereocenters. The summed E-state index contributed by atoms with van der Waals surface area (Å²) in [6.07, 6.45) is 0.610. The molecule has 1 aliphatic heterocycles. The van der Waals surface area contributed by atoms with Crippen molar-refractivity contribution in [3.8, 4) is 0 Å². The topological polar surface area (TPSA) is 77.7 Å². The van der Waals surface area contributed by atoms with E-state index < -0.39 is 11.1 Å². The van der Waals surface area contributed by atoms with Crippen molar-refractivity contribution in [2.24, 2.45) is 0 Å². The summed E-state index contributed by atoms with van der Waals surface area (Å²) in [5.41, 5.74) is 6.87. The van der Waals surface area contributed by atoms with E-state index in [1.54, 1.807) is 4.90 Å². The lowest BCUT2D eigenvalue weighted by Gasteiger charge is -2.37. The number of nitrogens with two attached hydrogens (primary N) is 1. The number of hydrogen-bond acceptors (Lipinski definition) is 5. The van der Waals surface area contributed by atoms with Crippen LogP contribution in [0.2, 0.25) is 0 Å². The van der Waals surface area contributed by atoms with Crippen molar-refractivity contribution >= 4 is 11.9 Å². The van der Waals surface area contributed by atoms with Crippen LogP contribution in [0.5, 0.6) is 0 Å². The summed E-state index contributed by atoms with van der Waals surface area (Å²) in [5.74, 6) is 0.749. The first kappa shape index (κ1) is 19.5. The first-order valence-corrected chi connectivity index (χ1v) is 8.81. The molecule has 2 heterocycles. The van der Waals surface area contributed by atoms with E-state index in [4.69, 9.17) is 15.2 Å². The van der Waals surface area contributed by atoms with E-state index in [1.165, 1.54) is 0 Å². The monoisotopic (exact) mass is 349 g/mol. The van der Waals surface area contributed by atoms with Crippen molar-refractivity contribution in [1.29, 1.82) is 0 Å². The summed E-state index contributed by atoms with van der Waals surface area (Å²) in [4.78, 5) is 19.0. The number of pyridine rings is 1. The van der Waals surface area contributed by atoms with Crippen molar-refractivity contribution in [2.75, 3.05) is 18.9 Å². The second-order valence-corrected chi connectivity index (χ2v) is 8.57. The van der Waals surface area contributed by atoms with Gasteiger partial charge in [-0.05, 0) is 59.6 Å². The van der Waals surface area contributed by atoms with E-state index in [9.17, 15) is 4.79 Å². The van der Waals surface area contributed by atoms with Crippen molar-refractivity contribution in [2.45, 2.75) is 71.6 Å². The molecule has 0 aliphatic carbocycles. The van der Waals surface area contributed by atoms with Crippen molar-refractivity contribution in [1.82, 2.24) is 9.88 Å². The van der Waals surface area contributed by atoms with Gasteiger partial charge in [0.15, 0.2) is 0 Å².